The minimum atomic E-state index is 0.662. The highest BCUT2D eigenvalue weighted by Crippen LogP contribution is 2.27. The molecule has 1 aliphatic heterocycles. The van der Waals surface area contributed by atoms with Gasteiger partial charge in [-0.05, 0) is 37.0 Å². The third kappa shape index (κ3) is 2.40. The van der Waals surface area contributed by atoms with E-state index in [9.17, 15) is 0 Å². The van der Waals surface area contributed by atoms with Crippen LogP contribution in [0.25, 0.3) is 0 Å². The lowest BCUT2D eigenvalue weighted by Crippen LogP contribution is -2.30. The Morgan fingerprint density at radius 2 is 1.56 bits per heavy atom. The Labute approximate surface area is 109 Å². The molecule has 1 saturated heterocycles. The molecule has 2 aromatic carbocycles. The van der Waals surface area contributed by atoms with E-state index in [0.29, 0.717) is 6.04 Å². The fourth-order valence-corrected chi connectivity index (χ4v) is 2.89. The summed E-state index contributed by atoms with van der Waals surface area (Å²) in [6.45, 7) is 1.20. The van der Waals surface area contributed by atoms with Crippen LogP contribution < -0.4 is 4.90 Å². The quantitative estimate of drug-likeness (QED) is 0.782. The predicted octanol–water partition coefficient (Wildman–Crippen LogP) is 3.90. The molecule has 1 aliphatic rings. The third-order valence-corrected chi connectivity index (χ3v) is 3.78. The van der Waals surface area contributed by atoms with E-state index in [1.54, 1.807) is 0 Å². The van der Waals surface area contributed by atoms with Crippen LogP contribution in [-0.2, 0) is 6.42 Å². The molecule has 1 heterocycles. The molecule has 0 aromatic heterocycles. The van der Waals surface area contributed by atoms with Gasteiger partial charge in [-0.2, -0.15) is 0 Å². The maximum absolute atomic E-state index is 2.56. The van der Waals surface area contributed by atoms with Crippen LogP contribution in [0.15, 0.2) is 60.7 Å². The normalized spacial score (nSPS) is 19.1. The van der Waals surface area contributed by atoms with E-state index in [2.05, 4.69) is 65.6 Å². The van der Waals surface area contributed by atoms with Gasteiger partial charge < -0.3 is 4.90 Å². The number of rotatable bonds is 3. The van der Waals surface area contributed by atoms with Gasteiger partial charge in [-0.3, -0.25) is 0 Å². The number of hydrogen-bond donors (Lipinski definition) is 0. The van der Waals surface area contributed by atoms with Crippen LogP contribution in [0.1, 0.15) is 18.4 Å². The summed E-state index contributed by atoms with van der Waals surface area (Å²) >= 11 is 0. The van der Waals surface area contributed by atoms with Gasteiger partial charge in [-0.1, -0.05) is 48.5 Å². The van der Waals surface area contributed by atoms with Crippen LogP contribution in [0.2, 0.25) is 0 Å². The summed E-state index contributed by atoms with van der Waals surface area (Å²) in [6, 6.07) is 22.3. The van der Waals surface area contributed by atoms with Crippen molar-refractivity contribution >= 4 is 5.69 Å². The van der Waals surface area contributed by atoms with Gasteiger partial charge in [0.05, 0.1) is 0 Å². The number of para-hydroxylation sites is 1. The van der Waals surface area contributed by atoms with E-state index in [1.165, 1.54) is 30.6 Å². The van der Waals surface area contributed by atoms with Crippen molar-refractivity contribution < 1.29 is 0 Å². The molecule has 1 nitrogen and oxygen atoms in total. The van der Waals surface area contributed by atoms with Crippen LogP contribution >= 0.6 is 0 Å². The fraction of sp³-hybridized carbons (Fsp3) is 0.294. The Morgan fingerprint density at radius 1 is 0.889 bits per heavy atom. The molecular formula is C17H19N. The van der Waals surface area contributed by atoms with Crippen LogP contribution in [0, 0.1) is 0 Å². The van der Waals surface area contributed by atoms with Gasteiger partial charge in [-0.25, -0.2) is 0 Å². The van der Waals surface area contributed by atoms with Crippen LogP contribution in [0.3, 0.4) is 0 Å². The zero-order valence-corrected chi connectivity index (χ0v) is 10.6. The predicted molar refractivity (Wildman–Crippen MR) is 77.0 cm³/mol. The minimum Gasteiger partial charge on any atom is -0.368 e. The molecule has 0 bridgehead atoms. The minimum absolute atomic E-state index is 0.662. The molecule has 0 aliphatic carbocycles. The first-order valence-electron chi connectivity index (χ1n) is 6.79. The smallest absolute Gasteiger partial charge is 0.0368 e. The van der Waals surface area contributed by atoms with Crippen molar-refractivity contribution in [3.63, 3.8) is 0 Å². The first-order valence-corrected chi connectivity index (χ1v) is 6.79. The summed E-state index contributed by atoms with van der Waals surface area (Å²) in [5.74, 6) is 0. The van der Waals surface area contributed by atoms with Gasteiger partial charge in [0.15, 0.2) is 0 Å². The van der Waals surface area contributed by atoms with Crippen molar-refractivity contribution in [3.8, 4) is 0 Å². The van der Waals surface area contributed by atoms with Crippen molar-refractivity contribution in [2.45, 2.75) is 25.3 Å². The van der Waals surface area contributed by atoms with Gasteiger partial charge in [-0.15, -0.1) is 0 Å². The zero-order valence-electron chi connectivity index (χ0n) is 10.6. The van der Waals surface area contributed by atoms with Crippen molar-refractivity contribution in [2.75, 3.05) is 11.4 Å². The first kappa shape index (κ1) is 11.3. The highest BCUT2D eigenvalue weighted by Gasteiger charge is 2.24. The molecule has 92 valence electrons. The summed E-state index contributed by atoms with van der Waals surface area (Å²) in [5, 5.41) is 0. The van der Waals surface area contributed by atoms with Crippen molar-refractivity contribution in [1.29, 1.82) is 0 Å². The van der Waals surface area contributed by atoms with Crippen molar-refractivity contribution in [2.24, 2.45) is 0 Å². The Kier molecular flexibility index (Phi) is 3.31. The van der Waals surface area contributed by atoms with E-state index in [0.717, 1.165) is 6.42 Å². The molecule has 3 rings (SSSR count). The number of benzene rings is 2. The van der Waals surface area contributed by atoms with Crippen LogP contribution in [0.4, 0.5) is 5.69 Å². The zero-order chi connectivity index (χ0) is 12.2. The van der Waals surface area contributed by atoms with Crippen LogP contribution in [-0.4, -0.2) is 12.6 Å². The standard InChI is InChI=1S/C17H19N/c1-3-8-15(9-4-1)14-17-12-7-13-18(17)16-10-5-2-6-11-16/h1-6,8-11,17H,7,12-14H2. The lowest BCUT2D eigenvalue weighted by molar-refractivity contribution is 0.663. The second-order valence-corrected chi connectivity index (χ2v) is 5.01. The first-order chi connectivity index (χ1) is 8.93. The average Bonchev–Trinajstić information content (AvgIpc) is 2.89. The molecule has 0 spiro atoms. The molecule has 0 radical (unpaired) electrons. The Balaban J connectivity index is 1.76. The van der Waals surface area contributed by atoms with Gasteiger partial charge in [0.1, 0.15) is 0 Å². The molecule has 2 aromatic rings. The van der Waals surface area contributed by atoms with E-state index in [4.69, 9.17) is 0 Å². The Morgan fingerprint density at radius 3 is 2.28 bits per heavy atom. The summed E-state index contributed by atoms with van der Waals surface area (Å²) in [6.07, 6.45) is 3.78. The maximum Gasteiger partial charge on any atom is 0.0368 e. The Hall–Kier alpha value is -1.76. The highest BCUT2D eigenvalue weighted by atomic mass is 15.2. The lowest BCUT2D eigenvalue weighted by atomic mass is 10.0. The molecule has 1 unspecified atom stereocenters. The van der Waals surface area contributed by atoms with E-state index < -0.39 is 0 Å². The van der Waals surface area contributed by atoms with Gasteiger partial charge >= 0.3 is 0 Å². The molecule has 18 heavy (non-hydrogen) atoms. The van der Waals surface area contributed by atoms with Gasteiger partial charge in [0.25, 0.3) is 0 Å². The highest BCUT2D eigenvalue weighted by molar-refractivity contribution is 5.48. The van der Waals surface area contributed by atoms with Crippen molar-refractivity contribution in [1.82, 2.24) is 0 Å². The summed E-state index contributed by atoms with van der Waals surface area (Å²) < 4.78 is 0. The van der Waals surface area contributed by atoms with Crippen LogP contribution in [0.5, 0.6) is 0 Å². The second kappa shape index (κ2) is 5.26. The van der Waals surface area contributed by atoms with E-state index in [-0.39, 0.29) is 0 Å². The monoisotopic (exact) mass is 237 g/mol. The number of hydrogen-bond acceptors (Lipinski definition) is 1. The molecule has 1 fully saturated rings. The van der Waals surface area contributed by atoms with E-state index >= 15 is 0 Å². The maximum atomic E-state index is 2.56. The molecule has 0 amide bonds. The van der Waals surface area contributed by atoms with E-state index in [1.807, 2.05) is 0 Å². The second-order valence-electron chi connectivity index (χ2n) is 5.01. The average molecular weight is 237 g/mol. The fourth-order valence-electron chi connectivity index (χ4n) is 2.89. The third-order valence-electron chi connectivity index (χ3n) is 3.78. The number of nitrogens with zero attached hydrogens (tertiary/aromatic N) is 1. The SMILES string of the molecule is c1ccc(CC2CCCN2c2ccccc2)cc1. The Bertz CT molecular complexity index is 477. The molecule has 0 N–H and O–H groups in total. The molecule has 0 saturated carbocycles. The summed E-state index contributed by atoms with van der Waals surface area (Å²) in [7, 11) is 0. The largest absolute Gasteiger partial charge is 0.368 e. The summed E-state index contributed by atoms with van der Waals surface area (Å²) in [5.41, 5.74) is 2.82. The topological polar surface area (TPSA) is 3.24 Å². The van der Waals surface area contributed by atoms with Crippen molar-refractivity contribution in [3.05, 3.63) is 66.2 Å². The lowest BCUT2D eigenvalue weighted by Gasteiger charge is -2.27. The van der Waals surface area contributed by atoms with Gasteiger partial charge in [0.2, 0.25) is 0 Å². The molecular weight excluding hydrogens is 218 g/mol. The number of anilines is 1. The van der Waals surface area contributed by atoms with Gasteiger partial charge in [0, 0.05) is 18.3 Å². The summed E-state index contributed by atoms with van der Waals surface area (Å²) in [4.78, 5) is 2.56. The molecule has 1 heteroatoms. The molecule has 1 atom stereocenters.